The number of thioether (sulfide) groups is 1. The van der Waals surface area contributed by atoms with Gasteiger partial charge in [0.25, 0.3) is 0 Å². The number of hydrogen-bond acceptors (Lipinski definition) is 2. The molecule has 1 N–H and O–H groups in total. The zero-order valence-electron chi connectivity index (χ0n) is 11.2. The molecule has 0 saturated carbocycles. The van der Waals surface area contributed by atoms with Crippen LogP contribution in [0.4, 0.5) is 10.1 Å². The predicted molar refractivity (Wildman–Crippen MR) is 82.4 cm³/mol. The van der Waals surface area contributed by atoms with Gasteiger partial charge in [0.2, 0.25) is 5.91 Å². The van der Waals surface area contributed by atoms with Crippen LogP contribution in [0.3, 0.4) is 0 Å². The molecule has 2 aromatic carbocycles. The molecule has 2 aromatic rings. The van der Waals surface area contributed by atoms with Crippen LogP contribution in [0.15, 0.2) is 48.5 Å². The van der Waals surface area contributed by atoms with E-state index in [-0.39, 0.29) is 11.7 Å². The summed E-state index contributed by atoms with van der Waals surface area (Å²) in [6.45, 7) is 1.99. The van der Waals surface area contributed by atoms with Crippen molar-refractivity contribution in [1.29, 1.82) is 0 Å². The Labute approximate surface area is 122 Å². The first-order valence-corrected chi connectivity index (χ1v) is 7.47. The van der Waals surface area contributed by atoms with E-state index in [1.165, 1.54) is 23.9 Å². The van der Waals surface area contributed by atoms with E-state index in [1.54, 1.807) is 12.1 Å². The lowest BCUT2D eigenvalue weighted by Crippen LogP contribution is -2.14. The van der Waals surface area contributed by atoms with Crippen molar-refractivity contribution in [3.8, 4) is 0 Å². The highest BCUT2D eigenvalue weighted by atomic mass is 32.2. The van der Waals surface area contributed by atoms with Gasteiger partial charge in [-0.25, -0.2) is 4.39 Å². The second-order valence-electron chi connectivity index (χ2n) is 4.54. The number of rotatable bonds is 5. The SMILES string of the molecule is Cc1cccc(NC(=O)CSCc2ccc(F)cc2)c1. The monoisotopic (exact) mass is 289 g/mol. The smallest absolute Gasteiger partial charge is 0.234 e. The van der Waals surface area contributed by atoms with Gasteiger partial charge >= 0.3 is 0 Å². The lowest BCUT2D eigenvalue weighted by molar-refractivity contribution is -0.113. The number of carbonyl (C=O) groups is 1. The fourth-order valence-electron chi connectivity index (χ4n) is 1.76. The van der Waals surface area contributed by atoms with Crippen LogP contribution in [0, 0.1) is 12.7 Å². The minimum atomic E-state index is -0.240. The van der Waals surface area contributed by atoms with Crippen LogP contribution in [0.1, 0.15) is 11.1 Å². The lowest BCUT2D eigenvalue weighted by Gasteiger charge is -2.06. The second-order valence-corrected chi connectivity index (χ2v) is 5.52. The van der Waals surface area contributed by atoms with Crippen LogP contribution in [0.5, 0.6) is 0 Å². The molecule has 104 valence electrons. The van der Waals surface area contributed by atoms with Crippen molar-refractivity contribution >= 4 is 23.4 Å². The Morgan fingerprint density at radius 2 is 1.95 bits per heavy atom. The first kappa shape index (κ1) is 14.6. The Hall–Kier alpha value is -1.81. The Balaban J connectivity index is 1.76. The Bertz CT molecular complexity index is 583. The highest BCUT2D eigenvalue weighted by Crippen LogP contribution is 2.14. The lowest BCUT2D eigenvalue weighted by atomic mass is 10.2. The molecule has 2 nitrogen and oxygen atoms in total. The highest BCUT2D eigenvalue weighted by molar-refractivity contribution is 7.99. The largest absolute Gasteiger partial charge is 0.325 e. The Morgan fingerprint density at radius 3 is 2.65 bits per heavy atom. The fourth-order valence-corrected chi connectivity index (χ4v) is 2.55. The molecule has 0 atom stereocenters. The summed E-state index contributed by atoms with van der Waals surface area (Å²) in [4.78, 5) is 11.8. The van der Waals surface area contributed by atoms with Crippen LogP contribution < -0.4 is 5.32 Å². The highest BCUT2D eigenvalue weighted by Gasteiger charge is 2.03. The first-order chi connectivity index (χ1) is 9.63. The third-order valence-corrected chi connectivity index (χ3v) is 3.72. The van der Waals surface area contributed by atoms with E-state index >= 15 is 0 Å². The molecule has 0 radical (unpaired) electrons. The second kappa shape index (κ2) is 7.10. The number of nitrogens with one attached hydrogen (secondary N) is 1. The molecule has 1 amide bonds. The summed E-state index contributed by atoms with van der Waals surface area (Å²) in [6.07, 6.45) is 0. The van der Waals surface area contributed by atoms with Crippen molar-refractivity contribution in [2.75, 3.05) is 11.1 Å². The van der Waals surface area contributed by atoms with Crippen molar-refractivity contribution in [1.82, 2.24) is 0 Å². The van der Waals surface area contributed by atoms with Gasteiger partial charge in [0.15, 0.2) is 0 Å². The van der Waals surface area contributed by atoms with E-state index in [9.17, 15) is 9.18 Å². The van der Waals surface area contributed by atoms with Gasteiger partial charge in [0.1, 0.15) is 5.82 Å². The van der Waals surface area contributed by atoms with Crippen LogP contribution in [-0.2, 0) is 10.5 Å². The van der Waals surface area contributed by atoms with Gasteiger partial charge in [-0.2, -0.15) is 0 Å². The van der Waals surface area contributed by atoms with E-state index < -0.39 is 0 Å². The molecular weight excluding hydrogens is 273 g/mol. The molecule has 0 aliphatic carbocycles. The summed E-state index contributed by atoms with van der Waals surface area (Å²) in [5.41, 5.74) is 2.94. The zero-order chi connectivity index (χ0) is 14.4. The average Bonchev–Trinajstić information content (AvgIpc) is 2.41. The average molecular weight is 289 g/mol. The number of halogens is 1. The molecule has 20 heavy (non-hydrogen) atoms. The summed E-state index contributed by atoms with van der Waals surface area (Å²) in [5.74, 6) is 0.811. The maximum Gasteiger partial charge on any atom is 0.234 e. The topological polar surface area (TPSA) is 29.1 Å². The predicted octanol–water partition coefficient (Wildman–Crippen LogP) is 4.01. The normalized spacial score (nSPS) is 10.3. The number of carbonyl (C=O) groups excluding carboxylic acids is 1. The van der Waals surface area contributed by atoms with Gasteiger partial charge in [0.05, 0.1) is 5.75 Å². The third kappa shape index (κ3) is 4.70. The van der Waals surface area contributed by atoms with E-state index in [4.69, 9.17) is 0 Å². The van der Waals surface area contributed by atoms with Crippen molar-refractivity contribution in [3.05, 3.63) is 65.5 Å². The number of hydrogen-bond donors (Lipinski definition) is 1. The van der Waals surface area contributed by atoms with Crippen molar-refractivity contribution in [2.24, 2.45) is 0 Å². The maximum atomic E-state index is 12.7. The van der Waals surface area contributed by atoms with Crippen molar-refractivity contribution in [2.45, 2.75) is 12.7 Å². The molecule has 0 aromatic heterocycles. The van der Waals surface area contributed by atoms with Gasteiger partial charge in [-0.1, -0.05) is 24.3 Å². The minimum absolute atomic E-state index is 0.0253. The van der Waals surface area contributed by atoms with Crippen LogP contribution in [-0.4, -0.2) is 11.7 Å². The van der Waals surface area contributed by atoms with Crippen LogP contribution in [0.2, 0.25) is 0 Å². The molecule has 0 fully saturated rings. The van der Waals surface area contributed by atoms with E-state index in [1.807, 2.05) is 31.2 Å². The molecular formula is C16H16FNOS. The number of benzene rings is 2. The molecule has 4 heteroatoms. The van der Waals surface area contributed by atoms with Gasteiger partial charge in [0, 0.05) is 11.4 Å². The van der Waals surface area contributed by atoms with Crippen molar-refractivity contribution < 1.29 is 9.18 Å². The molecule has 0 aliphatic heterocycles. The molecule has 0 heterocycles. The molecule has 0 spiro atoms. The summed E-state index contributed by atoms with van der Waals surface area (Å²) in [5, 5.41) is 2.86. The van der Waals surface area contributed by atoms with Gasteiger partial charge in [-0.3, -0.25) is 4.79 Å². The maximum absolute atomic E-state index is 12.7. The number of anilines is 1. The summed E-state index contributed by atoms with van der Waals surface area (Å²) in [6, 6.07) is 14.0. The molecule has 0 aliphatic rings. The van der Waals surface area contributed by atoms with Gasteiger partial charge < -0.3 is 5.32 Å². The Morgan fingerprint density at radius 1 is 1.20 bits per heavy atom. The standard InChI is InChI=1S/C16H16FNOS/c1-12-3-2-4-15(9-12)18-16(19)11-20-10-13-5-7-14(17)8-6-13/h2-9H,10-11H2,1H3,(H,18,19). The number of amides is 1. The van der Waals surface area contributed by atoms with E-state index in [2.05, 4.69) is 5.32 Å². The number of aryl methyl sites for hydroxylation is 1. The first-order valence-electron chi connectivity index (χ1n) is 6.32. The summed E-state index contributed by atoms with van der Waals surface area (Å²) >= 11 is 1.51. The molecule has 0 saturated heterocycles. The molecule has 2 rings (SSSR count). The fraction of sp³-hybridized carbons (Fsp3) is 0.188. The van der Waals surface area contributed by atoms with Gasteiger partial charge in [-0.15, -0.1) is 11.8 Å². The Kier molecular flexibility index (Phi) is 5.18. The van der Waals surface area contributed by atoms with E-state index in [0.717, 1.165) is 16.8 Å². The zero-order valence-corrected chi connectivity index (χ0v) is 12.0. The minimum Gasteiger partial charge on any atom is -0.325 e. The molecule has 0 unspecified atom stereocenters. The quantitative estimate of drug-likeness (QED) is 0.901. The van der Waals surface area contributed by atoms with Gasteiger partial charge in [-0.05, 0) is 42.3 Å². The molecule has 0 bridgehead atoms. The van der Waals surface area contributed by atoms with Crippen molar-refractivity contribution in [3.63, 3.8) is 0 Å². The summed E-state index contributed by atoms with van der Waals surface area (Å²) in [7, 11) is 0. The van der Waals surface area contributed by atoms with Crippen LogP contribution >= 0.6 is 11.8 Å². The third-order valence-electron chi connectivity index (χ3n) is 2.72. The van der Waals surface area contributed by atoms with E-state index in [0.29, 0.717) is 11.5 Å². The van der Waals surface area contributed by atoms with Crippen LogP contribution in [0.25, 0.3) is 0 Å². The summed E-state index contributed by atoms with van der Waals surface area (Å²) < 4.78 is 12.7.